The van der Waals surface area contributed by atoms with Crippen LogP contribution in [0.1, 0.15) is 30.6 Å². The number of carbonyl (C=O) groups is 1. The third-order valence-corrected chi connectivity index (χ3v) is 3.10. The second-order valence-electron chi connectivity index (χ2n) is 4.56. The summed E-state index contributed by atoms with van der Waals surface area (Å²) in [5.74, 6) is -0.592. The summed E-state index contributed by atoms with van der Waals surface area (Å²) in [6.07, 6.45) is -1.23. The Bertz CT molecular complexity index is 497. The van der Waals surface area contributed by atoms with Crippen LogP contribution >= 0.6 is 0 Å². The molecule has 0 spiro atoms. The fraction of sp³-hybridized carbons (Fsp3) is 0.235. The molecule has 2 aromatic rings. The van der Waals surface area contributed by atoms with Crippen molar-refractivity contribution in [2.45, 2.75) is 25.6 Å². The Balaban J connectivity index is 2.28. The topological polar surface area (TPSA) is 46.5 Å². The maximum atomic E-state index is 11.9. The highest BCUT2D eigenvalue weighted by molar-refractivity contribution is 5.74. The van der Waals surface area contributed by atoms with Gasteiger partial charge < -0.3 is 9.84 Å². The van der Waals surface area contributed by atoms with E-state index in [9.17, 15) is 9.90 Å². The quantitative estimate of drug-likeness (QED) is 0.849. The fourth-order valence-corrected chi connectivity index (χ4v) is 1.95. The van der Waals surface area contributed by atoms with E-state index in [0.717, 1.165) is 11.1 Å². The van der Waals surface area contributed by atoms with Crippen molar-refractivity contribution in [1.82, 2.24) is 0 Å². The van der Waals surface area contributed by atoms with E-state index in [4.69, 9.17) is 4.74 Å². The Morgan fingerprint density at radius 1 is 1.00 bits per heavy atom. The zero-order valence-corrected chi connectivity index (χ0v) is 11.4. The van der Waals surface area contributed by atoms with Crippen molar-refractivity contribution >= 4 is 5.97 Å². The predicted molar refractivity (Wildman–Crippen MR) is 77.1 cm³/mol. The van der Waals surface area contributed by atoms with E-state index in [1.165, 1.54) is 0 Å². The predicted octanol–water partition coefficient (Wildman–Crippen LogP) is 3.09. The lowest BCUT2D eigenvalue weighted by molar-refractivity contribution is -0.157. The lowest BCUT2D eigenvalue weighted by Crippen LogP contribution is -2.24. The van der Waals surface area contributed by atoms with Crippen LogP contribution in [0.5, 0.6) is 0 Å². The number of benzene rings is 2. The number of hydrogen-bond acceptors (Lipinski definition) is 3. The molecule has 2 rings (SSSR count). The molecule has 104 valence electrons. The molecular weight excluding hydrogens is 252 g/mol. The Labute approximate surface area is 118 Å². The molecule has 1 atom stereocenters. The van der Waals surface area contributed by atoms with Crippen molar-refractivity contribution in [2.24, 2.45) is 0 Å². The van der Waals surface area contributed by atoms with Crippen LogP contribution in [0.2, 0.25) is 0 Å². The second-order valence-corrected chi connectivity index (χ2v) is 4.56. The van der Waals surface area contributed by atoms with Gasteiger partial charge in [-0.3, -0.25) is 0 Å². The molecule has 0 aliphatic rings. The van der Waals surface area contributed by atoms with E-state index in [1.54, 1.807) is 6.92 Å². The number of hydrogen-bond donors (Lipinski definition) is 1. The smallest absolute Gasteiger partial charge is 0.335 e. The van der Waals surface area contributed by atoms with Gasteiger partial charge in [-0.1, -0.05) is 67.6 Å². The van der Waals surface area contributed by atoms with E-state index < -0.39 is 18.2 Å². The lowest BCUT2D eigenvalue weighted by atomic mass is 10.0. The average molecular weight is 270 g/mol. The maximum Gasteiger partial charge on any atom is 0.335 e. The Morgan fingerprint density at radius 2 is 1.45 bits per heavy atom. The molecule has 0 unspecified atom stereocenters. The summed E-state index contributed by atoms with van der Waals surface area (Å²) in [7, 11) is 0. The Morgan fingerprint density at radius 3 is 1.85 bits per heavy atom. The molecular formula is C17H18O3. The van der Waals surface area contributed by atoms with Gasteiger partial charge in [-0.2, -0.15) is 0 Å². The van der Waals surface area contributed by atoms with Crippen molar-refractivity contribution in [3.63, 3.8) is 0 Å². The first-order chi connectivity index (χ1) is 9.72. The highest BCUT2D eigenvalue weighted by atomic mass is 16.6. The van der Waals surface area contributed by atoms with Crippen LogP contribution in [-0.4, -0.2) is 17.2 Å². The van der Waals surface area contributed by atoms with Gasteiger partial charge in [-0.25, -0.2) is 4.79 Å². The third kappa shape index (κ3) is 3.45. The maximum absolute atomic E-state index is 11.9. The van der Waals surface area contributed by atoms with E-state index in [-0.39, 0.29) is 0 Å². The van der Waals surface area contributed by atoms with Gasteiger partial charge >= 0.3 is 5.97 Å². The van der Waals surface area contributed by atoms with Crippen molar-refractivity contribution in [3.05, 3.63) is 71.8 Å². The van der Waals surface area contributed by atoms with E-state index in [2.05, 4.69) is 0 Å². The van der Waals surface area contributed by atoms with E-state index >= 15 is 0 Å². The molecule has 3 nitrogen and oxygen atoms in total. The molecule has 1 N–H and O–H groups in total. The molecule has 0 amide bonds. The average Bonchev–Trinajstić information content (AvgIpc) is 2.53. The van der Waals surface area contributed by atoms with E-state index in [1.807, 2.05) is 60.7 Å². The first-order valence-electron chi connectivity index (χ1n) is 6.70. The summed E-state index contributed by atoms with van der Waals surface area (Å²) >= 11 is 0. The van der Waals surface area contributed by atoms with Gasteiger partial charge in [0.05, 0.1) is 0 Å². The van der Waals surface area contributed by atoms with Crippen LogP contribution < -0.4 is 0 Å². The molecule has 0 aromatic heterocycles. The summed E-state index contributed by atoms with van der Waals surface area (Å²) in [4.78, 5) is 11.9. The number of esters is 1. The van der Waals surface area contributed by atoms with Gasteiger partial charge in [0.15, 0.2) is 12.2 Å². The Kier molecular flexibility index (Phi) is 4.91. The molecule has 0 radical (unpaired) electrons. The summed E-state index contributed by atoms with van der Waals surface area (Å²) in [5, 5.41) is 9.59. The zero-order valence-electron chi connectivity index (χ0n) is 11.4. The number of rotatable bonds is 5. The highest BCUT2D eigenvalue weighted by Crippen LogP contribution is 2.26. The molecule has 0 saturated heterocycles. The number of aliphatic hydroxyl groups excluding tert-OH is 1. The third-order valence-electron chi connectivity index (χ3n) is 3.10. The van der Waals surface area contributed by atoms with Crippen LogP contribution in [0.25, 0.3) is 0 Å². The first-order valence-corrected chi connectivity index (χ1v) is 6.70. The van der Waals surface area contributed by atoms with Crippen molar-refractivity contribution in [3.8, 4) is 0 Å². The van der Waals surface area contributed by atoms with E-state index in [0.29, 0.717) is 6.42 Å². The molecule has 20 heavy (non-hydrogen) atoms. The lowest BCUT2D eigenvalue weighted by Gasteiger charge is -2.20. The van der Waals surface area contributed by atoms with Gasteiger partial charge in [0.2, 0.25) is 0 Å². The molecule has 0 heterocycles. The van der Waals surface area contributed by atoms with Crippen LogP contribution in [0.3, 0.4) is 0 Å². The normalized spacial score (nSPS) is 12.2. The second kappa shape index (κ2) is 6.87. The summed E-state index contributed by atoms with van der Waals surface area (Å²) < 4.78 is 5.49. The first kappa shape index (κ1) is 14.3. The van der Waals surface area contributed by atoms with Gasteiger partial charge in [-0.15, -0.1) is 0 Å². The molecule has 0 aliphatic carbocycles. The molecule has 0 saturated carbocycles. The molecule has 0 aliphatic heterocycles. The number of ether oxygens (including phenoxy) is 1. The van der Waals surface area contributed by atoms with Crippen molar-refractivity contribution < 1.29 is 14.6 Å². The van der Waals surface area contributed by atoms with Gasteiger partial charge in [-0.05, 0) is 17.5 Å². The van der Waals surface area contributed by atoms with Crippen LogP contribution in [0.4, 0.5) is 0 Å². The number of carbonyl (C=O) groups excluding carboxylic acids is 1. The standard InChI is InChI=1S/C17H18O3/c1-2-15(18)17(19)20-16(13-9-5-3-6-10-13)14-11-7-4-8-12-14/h3-12,15-16,18H,2H2,1H3/t15-/m0/s1. The molecule has 2 aromatic carbocycles. The number of aliphatic hydroxyl groups is 1. The minimum atomic E-state index is -1.08. The largest absolute Gasteiger partial charge is 0.451 e. The molecule has 3 heteroatoms. The fourth-order valence-electron chi connectivity index (χ4n) is 1.95. The summed E-state index contributed by atoms with van der Waals surface area (Å²) in [6, 6.07) is 19.0. The minimum absolute atomic E-state index is 0.342. The van der Waals surface area contributed by atoms with Gasteiger partial charge in [0.25, 0.3) is 0 Å². The van der Waals surface area contributed by atoms with Crippen LogP contribution in [-0.2, 0) is 9.53 Å². The van der Waals surface area contributed by atoms with Gasteiger partial charge in [0.1, 0.15) is 0 Å². The van der Waals surface area contributed by atoms with Crippen LogP contribution in [0, 0.1) is 0 Å². The zero-order chi connectivity index (χ0) is 14.4. The van der Waals surface area contributed by atoms with Gasteiger partial charge in [0, 0.05) is 0 Å². The van der Waals surface area contributed by atoms with Crippen molar-refractivity contribution in [2.75, 3.05) is 0 Å². The monoisotopic (exact) mass is 270 g/mol. The molecule has 0 fully saturated rings. The minimum Gasteiger partial charge on any atom is -0.451 e. The highest BCUT2D eigenvalue weighted by Gasteiger charge is 2.22. The Hall–Kier alpha value is -2.13. The summed E-state index contributed by atoms with van der Waals surface area (Å²) in [6.45, 7) is 1.74. The van der Waals surface area contributed by atoms with Crippen LogP contribution in [0.15, 0.2) is 60.7 Å². The molecule has 0 bridgehead atoms. The SMILES string of the molecule is CC[C@H](O)C(=O)OC(c1ccccc1)c1ccccc1. The summed E-state index contributed by atoms with van der Waals surface area (Å²) in [5.41, 5.74) is 1.77. The van der Waals surface area contributed by atoms with Crippen molar-refractivity contribution in [1.29, 1.82) is 0 Å².